The molecule has 0 bridgehead atoms. The van der Waals surface area contributed by atoms with Gasteiger partial charge in [0.05, 0.1) is 15.8 Å². The molecule has 2 rings (SSSR count). The molecule has 1 unspecified atom stereocenters. The number of halogens is 2. The molecule has 1 atom stereocenters. The number of piperidine rings is 1. The Labute approximate surface area is 166 Å². The fraction of sp³-hybridized carbons (Fsp3) is 0.611. The molecule has 0 aromatic heterocycles. The number of benzene rings is 1. The van der Waals surface area contributed by atoms with Crippen LogP contribution >= 0.6 is 23.2 Å². The molecular weight excluding hydrogens is 395 g/mol. The van der Waals surface area contributed by atoms with Gasteiger partial charge in [-0.2, -0.15) is 0 Å². The molecule has 0 aliphatic carbocycles. The van der Waals surface area contributed by atoms with Crippen LogP contribution in [-0.2, 0) is 20.6 Å². The van der Waals surface area contributed by atoms with Crippen LogP contribution in [0.2, 0.25) is 10.0 Å². The highest BCUT2D eigenvalue weighted by molar-refractivity contribution is 7.88. The minimum absolute atomic E-state index is 0.0347. The first-order valence-corrected chi connectivity index (χ1v) is 11.3. The summed E-state index contributed by atoms with van der Waals surface area (Å²) in [6.45, 7) is 4.81. The Morgan fingerprint density at radius 1 is 1.27 bits per heavy atom. The molecule has 0 spiro atoms. The summed E-state index contributed by atoms with van der Waals surface area (Å²) in [6, 6.07) is 5.00. The Morgan fingerprint density at radius 2 is 1.92 bits per heavy atom. The van der Waals surface area contributed by atoms with Crippen molar-refractivity contribution >= 4 is 39.1 Å². The molecule has 0 saturated carbocycles. The van der Waals surface area contributed by atoms with E-state index in [1.807, 2.05) is 6.92 Å². The zero-order chi connectivity index (χ0) is 19.3. The average molecular weight is 421 g/mol. The van der Waals surface area contributed by atoms with Crippen molar-refractivity contribution in [2.45, 2.75) is 51.3 Å². The van der Waals surface area contributed by atoms with Crippen molar-refractivity contribution in [1.29, 1.82) is 0 Å². The summed E-state index contributed by atoms with van der Waals surface area (Å²) in [4.78, 5) is 12.3. The maximum Gasteiger partial charge on any atom is 0.223 e. The van der Waals surface area contributed by atoms with Crippen LogP contribution < -0.4 is 5.32 Å². The third kappa shape index (κ3) is 5.84. The van der Waals surface area contributed by atoms with Gasteiger partial charge in [-0.05, 0) is 43.9 Å². The van der Waals surface area contributed by atoms with Crippen LogP contribution in [0.15, 0.2) is 18.2 Å². The molecule has 1 aromatic rings. The quantitative estimate of drug-likeness (QED) is 0.728. The minimum Gasteiger partial charge on any atom is -0.353 e. The molecule has 1 heterocycles. The Kier molecular flexibility index (Phi) is 7.76. The predicted molar refractivity (Wildman–Crippen MR) is 106 cm³/mol. The van der Waals surface area contributed by atoms with E-state index < -0.39 is 10.0 Å². The van der Waals surface area contributed by atoms with Gasteiger partial charge in [0.15, 0.2) is 0 Å². The van der Waals surface area contributed by atoms with E-state index in [2.05, 4.69) is 12.2 Å². The van der Waals surface area contributed by atoms with Crippen LogP contribution in [0, 0.1) is 5.92 Å². The van der Waals surface area contributed by atoms with Crippen molar-refractivity contribution in [2.75, 3.05) is 13.1 Å². The number of carbonyl (C=O) groups is 1. The van der Waals surface area contributed by atoms with Gasteiger partial charge in [-0.15, -0.1) is 0 Å². The fourth-order valence-electron chi connectivity index (χ4n) is 3.19. The van der Waals surface area contributed by atoms with E-state index in [1.54, 1.807) is 18.2 Å². The zero-order valence-corrected chi connectivity index (χ0v) is 17.5. The van der Waals surface area contributed by atoms with Crippen molar-refractivity contribution in [2.24, 2.45) is 5.92 Å². The van der Waals surface area contributed by atoms with Crippen LogP contribution in [0.5, 0.6) is 0 Å². The molecular formula is C18H26Cl2N2O3S. The van der Waals surface area contributed by atoms with Gasteiger partial charge in [0.1, 0.15) is 0 Å². The second-order valence-corrected chi connectivity index (χ2v) is 9.66. The number of carbonyl (C=O) groups excluding carboxylic acids is 1. The molecule has 146 valence electrons. The molecule has 1 amide bonds. The summed E-state index contributed by atoms with van der Waals surface area (Å²) in [5.74, 6) is -0.202. The van der Waals surface area contributed by atoms with Crippen LogP contribution in [0.1, 0.15) is 45.1 Å². The summed E-state index contributed by atoms with van der Waals surface area (Å²) < 4.78 is 26.7. The summed E-state index contributed by atoms with van der Waals surface area (Å²) in [5.41, 5.74) is 0.604. The van der Waals surface area contributed by atoms with Crippen LogP contribution in [0.3, 0.4) is 0 Å². The monoisotopic (exact) mass is 420 g/mol. The minimum atomic E-state index is -3.45. The van der Waals surface area contributed by atoms with Gasteiger partial charge in [-0.3, -0.25) is 4.79 Å². The first-order chi connectivity index (χ1) is 12.2. The SMILES string of the molecule is CCCC(C)NC(=O)C1CCN(S(=O)(=O)Cc2ccc(Cl)c(Cl)c2)CC1. The third-order valence-electron chi connectivity index (χ3n) is 4.66. The van der Waals surface area contributed by atoms with E-state index >= 15 is 0 Å². The lowest BCUT2D eigenvalue weighted by Gasteiger charge is -2.31. The van der Waals surface area contributed by atoms with E-state index in [9.17, 15) is 13.2 Å². The highest BCUT2D eigenvalue weighted by Crippen LogP contribution is 2.26. The molecule has 5 nitrogen and oxygen atoms in total. The van der Waals surface area contributed by atoms with Crippen LogP contribution in [0.4, 0.5) is 0 Å². The highest BCUT2D eigenvalue weighted by atomic mass is 35.5. The number of hydrogen-bond acceptors (Lipinski definition) is 3. The largest absolute Gasteiger partial charge is 0.353 e. The van der Waals surface area contributed by atoms with E-state index in [4.69, 9.17) is 23.2 Å². The summed E-state index contributed by atoms with van der Waals surface area (Å²) in [7, 11) is -3.45. The maximum absolute atomic E-state index is 12.6. The van der Waals surface area contributed by atoms with Gasteiger partial charge in [-0.1, -0.05) is 42.6 Å². The highest BCUT2D eigenvalue weighted by Gasteiger charge is 2.31. The molecule has 1 aliphatic heterocycles. The van der Waals surface area contributed by atoms with Crippen molar-refractivity contribution < 1.29 is 13.2 Å². The number of amides is 1. The lowest BCUT2D eigenvalue weighted by Crippen LogP contribution is -2.45. The molecule has 1 saturated heterocycles. The molecule has 1 N–H and O–H groups in total. The van der Waals surface area contributed by atoms with Crippen LogP contribution in [-0.4, -0.2) is 37.8 Å². The second-order valence-electron chi connectivity index (χ2n) is 6.88. The van der Waals surface area contributed by atoms with Gasteiger partial charge in [0.25, 0.3) is 0 Å². The molecule has 1 aromatic carbocycles. The van der Waals surface area contributed by atoms with Crippen molar-refractivity contribution in [3.8, 4) is 0 Å². The fourth-order valence-corrected chi connectivity index (χ4v) is 5.06. The number of hydrogen-bond donors (Lipinski definition) is 1. The smallest absolute Gasteiger partial charge is 0.223 e. The van der Waals surface area contributed by atoms with E-state index in [0.717, 1.165) is 12.8 Å². The first-order valence-electron chi connectivity index (χ1n) is 8.95. The normalized spacial score (nSPS) is 17.8. The van der Waals surface area contributed by atoms with E-state index in [1.165, 1.54) is 4.31 Å². The summed E-state index contributed by atoms with van der Waals surface area (Å²) >= 11 is 11.8. The van der Waals surface area contributed by atoms with Gasteiger partial charge in [0.2, 0.25) is 15.9 Å². The van der Waals surface area contributed by atoms with Gasteiger partial charge in [0, 0.05) is 25.0 Å². The second kappa shape index (κ2) is 9.40. The standard InChI is InChI=1S/C18H26Cl2N2O3S/c1-3-4-13(2)21-18(23)15-7-9-22(10-8-15)26(24,25)12-14-5-6-16(19)17(20)11-14/h5-6,11,13,15H,3-4,7-10,12H2,1-2H3,(H,21,23). The van der Waals surface area contributed by atoms with Gasteiger partial charge >= 0.3 is 0 Å². The first kappa shape index (κ1) is 21.5. The predicted octanol–water partition coefficient (Wildman–Crippen LogP) is 3.84. The topological polar surface area (TPSA) is 66.5 Å². The van der Waals surface area contributed by atoms with Gasteiger partial charge < -0.3 is 5.32 Å². The Morgan fingerprint density at radius 3 is 2.50 bits per heavy atom. The molecule has 26 heavy (non-hydrogen) atoms. The molecule has 8 heteroatoms. The number of rotatable bonds is 7. The number of nitrogens with zero attached hydrogens (tertiary/aromatic N) is 1. The Bertz CT molecular complexity index is 732. The van der Waals surface area contributed by atoms with E-state index in [-0.39, 0.29) is 23.6 Å². The number of sulfonamides is 1. The van der Waals surface area contributed by atoms with Crippen molar-refractivity contribution in [3.63, 3.8) is 0 Å². The zero-order valence-electron chi connectivity index (χ0n) is 15.2. The van der Waals surface area contributed by atoms with Crippen LogP contribution in [0.25, 0.3) is 0 Å². The third-order valence-corrected chi connectivity index (χ3v) is 7.25. The molecule has 1 fully saturated rings. The Balaban J connectivity index is 1.91. The van der Waals surface area contributed by atoms with Crippen molar-refractivity contribution in [1.82, 2.24) is 9.62 Å². The maximum atomic E-state index is 12.6. The molecule has 1 aliphatic rings. The van der Waals surface area contributed by atoms with Gasteiger partial charge in [-0.25, -0.2) is 12.7 Å². The lowest BCUT2D eigenvalue weighted by molar-refractivity contribution is -0.126. The average Bonchev–Trinajstić information content (AvgIpc) is 2.58. The van der Waals surface area contributed by atoms with E-state index in [0.29, 0.717) is 41.5 Å². The summed E-state index contributed by atoms with van der Waals surface area (Å²) in [5, 5.41) is 3.76. The summed E-state index contributed by atoms with van der Waals surface area (Å²) in [6.07, 6.45) is 3.06. The molecule has 0 radical (unpaired) electrons. The Hall–Kier alpha value is -0.820. The van der Waals surface area contributed by atoms with Crippen molar-refractivity contribution in [3.05, 3.63) is 33.8 Å². The number of nitrogens with one attached hydrogen (secondary N) is 1. The lowest BCUT2D eigenvalue weighted by atomic mass is 9.96.